The van der Waals surface area contributed by atoms with E-state index in [0.29, 0.717) is 18.9 Å². The number of hydrogen-bond donors (Lipinski definition) is 0. The van der Waals surface area contributed by atoms with Gasteiger partial charge in [-0.3, -0.25) is 4.79 Å². The zero-order valence-corrected chi connectivity index (χ0v) is 19.5. The molecule has 0 radical (unpaired) electrons. The van der Waals surface area contributed by atoms with Crippen molar-refractivity contribution in [3.8, 4) is 5.75 Å². The summed E-state index contributed by atoms with van der Waals surface area (Å²) >= 11 is 0. The normalized spacial score (nSPS) is 21.1. The van der Waals surface area contributed by atoms with Crippen molar-refractivity contribution in [3.63, 3.8) is 0 Å². The van der Waals surface area contributed by atoms with Crippen LogP contribution in [0.25, 0.3) is 0 Å². The summed E-state index contributed by atoms with van der Waals surface area (Å²) in [5.41, 5.74) is 2.35. The molecular weight excluding hydrogens is 386 g/mol. The minimum Gasteiger partial charge on any atom is -0.496 e. The van der Waals surface area contributed by atoms with Gasteiger partial charge in [-0.1, -0.05) is 69.3 Å². The van der Waals surface area contributed by atoms with Crippen molar-refractivity contribution >= 4 is 5.91 Å². The first-order chi connectivity index (χ1) is 15.0. The molecule has 1 aliphatic heterocycles. The predicted molar refractivity (Wildman–Crippen MR) is 125 cm³/mol. The maximum atomic E-state index is 12.8. The summed E-state index contributed by atoms with van der Waals surface area (Å²) in [6.07, 6.45) is 3.52. The fraction of sp³-hybridized carbons (Fsp3) is 0.519. The third kappa shape index (κ3) is 5.68. The average molecular weight is 424 g/mol. The molecule has 0 saturated carbocycles. The van der Waals surface area contributed by atoms with E-state index in [1.165, 1.54) is 11.1 Å². The largest absolute Gasteiger partial charge is 0.496 e. The second kappa shape index (κ2) is 10.8. The lowest BCUT2D eigenvalue weighted by atomic mass is 9.68. The molecule has 0 aliphatic carbocycles. The molecule has 0 aromatic heterocycles. The maximum Gasteiger partial charge on any atom is 0.222 e. The Kier molecular flexibility index (Phi) is 8.14. The lowest BCUT2D eigenvalue weighted by Crippen LogP contribution is -2.44. The van der Waals surface area contributed by atoms with Crippen molar-refractivity contribution < 1.29 is 14.3 Å². The van der Waals surface area contributed by atoms with Gasteiger partial charge in [-0.05, 0) is 36.8 Å². The standard InChI is InChI=1S/C27H37NO3/c1-5-26(29)28(20-22-11-7-6-8-12-22)17-15-27(16-18-31-25(19-27)21(2)3)23-13-9-10-14-24(23)30-4/h6-14,21,25H,5,15-20H2,1-4H3/t25-,27-/m1/s1. The third-order valence-electron chi connectivity index (χ3n) is 6.66. The minimum absolute atomic E-state index is 0.0667. The number of nitrogens with zero attached hydrogens (tertiary/aromatic N) is 1. The molecule has 1 heterocycles. The molecule has 0 N–H and O–H groups in total. The monoisotopic (exact) mass is 423 g/mol. The summed E-state index contributed by atoms with van der Waals surface area (Å²) in [7, 11) is 1.74. The van der Waals surface area contributed by atoms with Crippen LogP contribution in [0.5, 0.6) is 5.75 Å². The number of ether oxygens (including phenoxy) is 2. The predicted octanol–water partition coefficient (Wildman–Crippen LogP) is 5.60. The van der Waals surface area contributed by atoms with Gasteiger partial charge in [0.25, 0.3) is 0 Å². The molecule has 1 fully saturated rings. The quantitative estimate of drug-likeness (QED) is 0.527. The number of carbonyl (C=O) groups is 1. The van der Waals surface area contributed by atoms with Gasteiger partial charge in [0, 0.05) is 37.1 Å². The molecule has 3 rings (SSSR count). The number of rotatable bonds is 9. The molecular formula is C27H37NO3. The second-order valence-corrected chi connectivity index (χ2v) is 8.99. The number of benzene rings is 2. The van der Waals surface area contributed by atoms with Crippen LogP contribution >= 0.6 is 0 Å². The van der Waals surface area contributed by atoms with Gasteiger partial charge >= 0.3 is 0 Å². The Bertz CT molecular complexity index is 835. The fourth-order valence-electron chi connectivity index (χ4n) is 4.74. The highest BCUT2D eigenvalue weighted by Crippen LogP contribution is 2.45. The molecule has 0 unspecified atom stereocenters. The summed E-state index contributed by atoms with van der Waals surface area (Å²) < 4.78 is 11.9. The molecule has 1 amide bonds. The zero-order chi connectivity index (χ0) is 22.3. The van der Waals surface area contributed by atoms with E-state index >= 15 is 0 Å². The first kappa shape index (κ1) is 23.3. The summed E-state index contributed by atoms with van der Waals surface area (Å²) in [5, 5.41) is 0. The van der Waals surface area contributed by atoms with Crippen LogP contribution in [0.15, 0.2) is 54.6 Å². The zero-order valence-electron chi connectivity index (χ0n) is 19.5. The van der Waals surface area contributed by atoms with Crippen LogP contribution in [0, 0.1) is 5.92 Å². The fourth-order valence-corrected chi connectivity index (χ4v) is 4.74. The van der Waals surface area contributed by atoms with E-state index in [4.69, 9.17) is 9.47 Å². The molecule has 2 aromatic rings. The molecule has 31 heavy (non-hydrogen) atoms. The molecule has 2 aromatic carbocycles. The first-order valence-electron chi connectivity index (χ1n) is 11.6. The summed E-state index contributed by atoms with van der Waals surface area (Å²) in [6, 6.07) is 18.6. The van der Waals surface area contributed by atoms with Gasteiger partial charge in [0.05, 0.1) is 13.2 Å². The Morgan fingerprint density at radius 3 is 2.55 bits per heavy atom. The number of para-hydroxylation sites is 1. The SMILES string of the molecule is CCC(=O)N(CC[C@@]1(c2ccccc2OC)CCO[C@@H](C(C)C)C1)Cc1ccccc1. The van der Waals surface area contributed by atoms with Crippen LogP contribution in [0.2, 0.25) is 0 Å². The van der Waals surface area contributed by atoms with Crippen molar-refractivity contribution in [1.29, 1.82) is 0 Å². The molecule has 4 heteroatoms. The van der Waals surface area contributed by atoms with Crippen LogP contribution in [0.3, 0.4) is 0 Å². The van der Waals surface area contributed by atoms with Gasteiger partial charge in [0.2, 0.25) is 5.91 Å². The van der Waals surface area contributed by atoms with Crippen LogP contribution in [0.4, 0.5) is 0 Å². The highest BCUT2D eigenvalue weighted by atomic mass is 16.5. The van der Waals surface area contributed by atoms with E-state index in [9.17, 15) is 4.79 Å². The van der Waals surface area contributed by atoms with Gasteiger partial charge in [-0.15, -0.1) is 0 Å². The molecule has 2 atom stereocenters. The smallest absolute Gasteiger partial charge is 0.222 e. The summed E-state index contributed by atoms with van der Waals surface area (Å²) in [6.45, 7) is 8.52. The van der Waals surface area contributed by atoms with Gasteiger partial charge < -0.3 is 14.4 Å². The molecule has 168 valence electrons. The van der Waals surface area contributed by atoms with E-state index in [2.05, 4.69) is 44.2 Å². The van der Waals surface area contributed by atoms with Gasteiger partial charge in [0.1, 0.15) is 5.75 Å². The first-order valence-corrected chi connectivity index (χ1v) is 11.6. The molecule has 4 nitrogen and oxygen atoms in total. The van der Waals surface area contributed by atoms with Crippen LogP contribution in [0.1, 0.15) is 57.6 Å². The lowest BCUT2D eigenvalue weighted by Gasteiger charge is -2.44. The molecule has 0 spiro atoms. The minimum atomic E-state index is -0.0667. The van der Waals surface area contributed by atoms with Gasteiger partial charge in [0.15, 0.2) is 0 Å². The van der Waals surface area contributed by atoms with Crippen LogP contribution < -0.4 is 4.74 Å². The maximum absolute atomic E-state index is 12.8. The Hall–Kier alpha value is -2.33. The van der Waals surface area contributed by atoms with Gasteiger partial charge in [-0.25, -0.2) is 0 Å². The van der Waals surface area contributed by atoms with Gasteiger partial charge in [-0.2, -0.15) is 0 Å². The lowest BCUT2D eigenvalue weighted by molar-refractivity contribution is -0.132. The van der Waals surface area contributed by atoms with Crippen molar-refractivity contribution in [2.75, 3.05) is 20.3 Å². The van der Waals surface area contributed by atoms with Crippen molar-refractivity contribution in [2.45, 2.75) is 64.5 Å². The van der Waals surface area contributed by atoms with E-state index < -0.39 is 0 Å². The summed E-state index contributed by atoms with van der Waals surface area (Å²) in [4.78, 5) is 14.8. The van der Waals surface area contributed by atoms with Crippen LogP contribution in [-0.2, 0) is 21.5 Å². The van der Waals surface area contributed by atoms with E-state index in [1.54, 1.807) is 7.11 Å². The molecule has 1 aliphatic rings. The van der Waals surface area contributed by atoms with Crippen LogP contribution in [-0.4, -0.2) is 37.2 Å². The average Bonchev–Trinajstić information content (AvgIpc) is 2.82. The van der Waals surface area contributed by atoms with Crippen molar-refractivity contribution in [2.24, 2.45) is 5.92 Å². The van der Waals surface area contributed by atoms with Crippen molar-refractivity contribution in [1.82, 2.24) is 4.90 Å². The van der Waals surface area contributed by atoms with Crippen molar-refractivity contribution in [3.05, 3.63) is 65.7 Å². The second-order valence-electron chi connectivity index (χ2n) is 8.99. The summed E-state index contributed by atoms with van der Waals surface area (Å²) in [5.74, 6) is 1.59. The topological polar surface area (TPSA) is 38.8 Å². The molecule has 0 bridgehead atoms. The Morgan fingerprint density at radius 2 is 1.87 bits per heavy atom. The van der Waals surface area contributed by atoms with E-state index in [-0.39, 0.29) is 17.4 Å². The number of carbonyl (C=O) groups excluding carboxylic acids is 1. The Balaban J connectivity index is 1.89. The van der Waals surface area contributed by atoms with E-state index in [0.717, 1.165) is 38.2 Å². The number of methoxy groups -OCH3 is 1. The Morgan fingerprint density at radius 1 is 1.16 bits per heavy atom. The third-order valence-corrected chi connectivity index (χ3v) is 6.66. The number of hydrogen-bond acceptors (Lipinski definition) is 3. The van der Waals surface area contributed by atoms with E-state index in [1.807, 2.05) is 36.1 Å². The highest BCUT2D eigenvalue weighted by molar-refractivity contribution is 5.75. The number of amides is 1. The highest BCUT2D eigenvalue weighted by Gasteiger charge is 2.41. The molecule has 1 saturated heterocycles. The Labute approximate surface area is 187 Å².